The van der Waals surface area contributed by atoms with Crippen molar-refractivity contribution in [3.05, 3.63) is 53.9 Å². The third-order valence-electron chi connectivity index (χ3n) is 4.21. The SMILES string of the molecule is O=C1Nc2ccc(OCC(O)CO)cc2/C1=C\c1c[nH]c2ncccc12. The number of nitrogens with zero attached hydrogens (tertiary/aromatic N) is 1. The molecule has 2 aromatic heterocycles. The second-order valence-corrected chi connectivity index (χ2v) is 6.01. The van der Waals surface area contributed by atoms with Crippen molar-refractivity contribution in [2.24, 2.45) is 0 Å². The van der Waals surface area contributed by atoms with Crippen molar-refractivity contribution in [3.8, 4) is 5.75 Å². The molecule has 7 heteroatoms. The number of ether oxygens (including phenoxy) is 1. The van der Waals surface area contributed by atoms with Crippen LogP contribution < -0.4 is 10.1 Å². The highest BCUT2D eigenvalue weighted by molar-refractivity contribution is 6.35. The molecule has 0 spiro atoms. The number of hydrogen-bond donors (Lipinski definition) is 4. The van der Waals surface area contributed by atoms with Crippen LogP contribution in [-0.4, -0.2) is 45.4 Å². The van der Waals surface area contributed by atoms with Gasteiger partial charge in [0.05, 0.1) is 6.61 Å². The lowest BCUT2D eigenvalue weighted by atomic mass is 10.0. The Labute approximate surface area is 149 Å². The summed E-state index contributed by atoms with van der Waals surface area (Å²) in [6.07, 6.45) is 4.39. The average Bonchev–Trinajstić information content (AvgIpc) is 3.21. The Kier molecular flexibility index (Phi) is 4.16. The lowest BCUT2D eigenvalue weighted by Crippen LogP contribution is -2.21. The van der Waals surface area contributed by atoms with Crippen LogP contribution in [0.4, 0.5) is 5.69 Å². The zero-order chi connectivity index (χ0) is 18.1. The number of H-pyrrole nitrogens is 1. The first kappa shape index (κ1) is 16.3. The van der Waals surface area contributed by atoms with Crippen LogP contribution in [0, 0.1) is 0 Å². The molecule has 3 aromatic rings. The topological polar surface area (TPSA) is 107 Å². The molecule has 0 aliphatic carbocycles. The van der Waals surface area contributed by atoms with Gasteiger partial charge in [0.25, 0.3) is 5.91 Å². The van der Waals surface area contributed by atoms with E-state index < -0.39 is 6.10 Å². The van der Waals surface area contributed by atoms with E-state index in [1.54, 1.807) is 24.4 Å². The summed E-state index contributed by atoms with van der Waals surface area (Å²) in [5.41, 5.74) is 3.58. The molecule has 26 heavy (non-hydrogen) atoms. The van der Waals surface area contributed by atoms with Crippen molar-refractivity contribution >= 4 is 34.3 Å². The number of carbonyl (C=O) groups excluding carboxylic acids is 1. The number of benzene rings is 1. The number of aromatic amines is 1. The summed E-state index contributed by atoms with van der Waals surface area (Å²) in [6, 6.07) is 9.00. The van der Waals surface area contributed by atoms with E-state index in [9.17, 15) is 9.90 Å². The van der Waals surface area contributed by atoms with Gasteiger partial charge in [-0.1, -0.05) is 0 Å². The van der Waals surface area contributed by atoms with Crippen LogP contribution in [0.5, 0.6) is 5.75 Å². The van der Waals surface area contributed by atoms with E-state index in [2.05, 4.69) is 15.3 Å². The molecule has 1 aromatic carbocycles. The number of nitrogens with one attached hydrogen (secondary N) is 2. The highest BCUT2D eigenvalue weighted by atomic mass is 16.5. The number of hydrogen-bond acceptors (Lipinski definition) is 5. The predicted octanol–water partition coefficient (Wildman–Crippen LogP) is 1.79. The van der Waals surface area contributed by atoms with Crippen molar-refractivity contribution in [1.82, 2.24) is 9.97 Å². The first-order chi connectivity index (χ1) is 12.7. The second-order valence-electron chi connectivity index (χ2n) is 6.01. The quantitative estimate of drug-likeness (QED) is 0.524. The first-order valence-corrected chi connectivity index (χ1v) is 8.17. The molecule has 0 saturated carbocycles. The van der Waals surface area contributed by atoms with Gasteiger partial charge in [0.1, 0.15) is 24.1 Å². The molecule has 1 amide bonds. The van der Waals surface area contributed by atoms with Crippen molar-refractivity contribution in [2.75, 3.05) is 18.5 Å². The standard InChI is InChI=1S/C19H17N3O4/c23-9-12(24)10-26-13-3-4-17-15(7-13)16(19(25)22-17)6-11-8-21-18-14(11)2-1-5-20-18/h1-8,12,23-24H,9-10H2,(H,20,21)(H,22,25)/b16-6+. The number of aromatic nitrogens is 2. The molecule has 1 aliphatic heterocycles. The maximum Gasteiger partial charge on any atom is 0.256 e. The predicted molar refractivity (Wildman–Crippen MR) is 97.6 cm³/mol. The number of carbonyl (C=O) groups is 1. The summed E-state index contributed by atoms with van der Waals surface area (Å²) in [5, 5.41) is 22.1. The highest BCUT2D eigenvalue weighted by Crippen LogP contribution is 2.36. The molecule has 4 rings (SSSR count). The lowest BCUT2D eigenvalue weighted by molar-refractivity contribution is -0.110. The average molecular weight is 351 g/mol. The number of aliphatic hydroxyl groups excluding tert-OH is 2. The number of anilines is 1. The lowest BCUT2D eigenvalue weighted by Gasteiger charge is -2.10. The van der Waals surface area contributed by atoms with Gasteiger partial charge in [0.15, 0.2) is 0 Å². The molecule has 0 fully saturated rings. The van der Waals surface area contributed by atoms with Crippen molar-refractivity contribution < 1.29 is 19.7 Å². The number of amides is 1. The molecule has 7 nitrogen and oxygen atoms in total. The van der Waals surface area contributed by atoms with E-state index >= 15 is 0 Å². The Hall–Kier alpha value is -3.16. The maximum absolute atomic E-state index is 12.4. The summed E-state index contributed by atoms with van der Waals surface area (Å²) in [5.74, 6) is 0.324. The Bertz CT molecular complexity index is 1010. The van der Waals surface area contributed by atoms with E-state index in [4.69, 9.17) is 9.84 Å². The second kappa shape index (κ2) is 6.62. The van der Waals surface area contributed by atoms with E-state index in [0.717, 1.165) is 22.2 Å². The molecular formula is C19H17N3O4. The third-order valence-corrected chi connectivity index (χ3v) is 4.21. The van der Waals surface area contributed by atoms with Gasteiger partial charge in [0.2, 0.25) is 0 Å². The molecule has 1 unspecified atom stereocenters. The largest absolute Gasteiger partial charge is 0.491 e. The Balaban J connectivity index is 1.69. The fourth-order valence-electron chi connectivity index (χ4n) is 2.90. The van der Waals surface area contributed by atoms with Crippen LogP contribution in [0.2, 0.25) is 0 Å². The van der Waals surface area contributed by atoms with Gasteiger partial charge in [-0.2, -0.15) is 0 Å². The fraction of sp³-hybridized carbons (Fsp3) is 0.158. The van der Waals surface area contributed by atoms with E-state index in [-0.39, 0.29) is 19.1 Å². The maximum atomic E-state index is 12.4. The van der Waals surface area contributed by atoms with Crippen LogP contribution in [0.25, 0.3) is 22.7 Å². The summed E-state index contributed by atoms with van der Waals surface area (Å²) in [4.78, 5) is 19.7. The van der Waals surface area contributed by atoms with Crippen LogP contribution in [0.1, 0.15) is 11.1 Å². The van der Waals surface area contributed by atoms with Crippen molar-refractivity contribution in [3.63, 3.8) is 0 Å². The summed E-state index contributed by atoms with van der Waals surface area (Å²) in [7, 11) is 0. The summed E-state index contributed by atoms with van der Waals surface area (Å²) in [6.45, 7) is -0.394. The Morgan fingerprint density at radius 3 is 3.04 bits per heavy atom. The van der Waals surface area contributed by atoms with E-state index in [1.165, 1.54) is 0 Å². The van der Waals surface area contributed by atoms with Gasteiger partial charge in [-0.05, 0) is 36.4 Å². The molecule has 0 radical (unpaired) electrons. The number of rotatable bonds is 5. The summed E-state index contributed by atoms with van der Waals surface area (Å²) < 4.78 is 5.48. The molecule has 1 atom stereocenters. The molecule has 4 N–H and O–H groups in total. The summed E-state index contributed by atoms with van der Waals surface area (Å²) >= 11 is 0. The fourth-order valence-corrected chi connectivity index (χ4v) is 2.90. The van der Waals surface area contributed by atoms with Crippen LogP contribution in [0.3, 0.4) is 0 Å². The van der Waals surface area contributed by atoms with Gasteiger partial charge in [-0.25, -0.2) is 4.98 Å². The Morgan fingerprint density at radius 1 is 1.31 bits per heavy atom. The highest BCUT2D eigenvalue weighted by Gasteiger charge is 2.25. The normalized spacial score (nSPS) is 15.9. The van der Waals surface area contributed by atoms with Gasteiger partial charge in [0, 0.05) is 40.2 Å². The zero-order valence-corrected chi connectivity index (χ0v) is 13.8. The van der Waals surface area contributed by atoms with Crippen LogP contribution in [-0.2, 0) is 4.79 Å². The number of pyridine rings is 1. The van der Waals surface area contributed by atoms with Gasteiger partial charge < -0.3 is 25.3 Å². The van der Waals surface area contributed by atoms with Gasteiger partial charge in [-0.3, -0.25) is 4.79 Å². The zero-order valence-electron chi connectivity index (χ0n) is 13.8. The molecule has 0 bridgehead atoms. The molecule has 3 heterocycles. The molecule has 1 aliphatic rings. The minimum atomic E-state index is -0.947. The van der Waals surface area contributed by atoms with Crippen LogP contribution in [0.15, 0.2) is 42.7 Å². The number of fused-ring (bicyclic) bond motifs is 2. The number of aliphatic hydroxyl groups is 2. The molecular weight excluding hydrogens is 334 g/mol. The minimum absolute atomic E-state index is 0.0240. The third kappa shape index (κ3) is 2.94. The van der Waals surface area contributed by atoms with Crippen molar-refractivity contribution in [2.45, 2.75) is 6.10 Å². The van der Waals surface area contributed by atoms with Gasteiger partial charge >= 0.3 is 0 Å². The minimum Gasteiger partial charge on any atom is -0.491 e. The van der Waals surface area contributed by atoms with Crippen LogP contribution >= 0.6 is 0 Å². The smallest absolute Gasteiger partial charge is 0.256 e. The van der Waals surface area contributed by atoms with E-state index in [1.807, 2.05) is 24.4 Å². The molecule has 132 valence electrons. The Morgan fingerprint density at radius 2 is 2.19 bits per heavy atom. The van der Waals surface area contributed by atoms with Crippen molar-refractivity contribution in [1.29, 1.82) is 0 Å². The first-order valence-electron chi connectivity index (χ1n) is 8.17. The van der Waals surface area contributed by atoms with Gasteiger partial charge in [-0.15, -0.1) is 0 Å². The van der Waals surface area contributed by atoms with E-state index in [0.29, 0.717) is 17.0 Å². The molecule has 0 saturated heterocycles. The monoisotopic (exact) mass is 351 g/mol.